The monoisotopic (exact) mass is 631 g/mol. The van der Waals surface area contributed by atoms with Crippen LogP contribution in [0.2, 0.25) is 0 Å². The second-order valence-corrected chi connectivity index (χ2v) is 13.0. The molecule has 0 bridgehead atoms. The van der Waals surface area contributed by atoms with Crippen LogP contribution in [0.1, 0.15) is 32.3 Å². The van der Waals surface area contributed by atoms with Gasteiger partial charge in [-0.2, -0.15) is 0 Å². The van der Waals surface area contributed by atoms with E-state index in [2.05, 4.69) is 28.8 Å². The third-order valence-corrected chi connectivity index (χ3v) is 8.83. The fraction of sp³-hybridized carbons (Fsp3) is 0.562. The van der Waals surface area contributed by atoms with Crippen molar-refractivity contribution in [2.24, 2.45) is 11.3 Å². The number of carbonyl (C=O) groups is 2. The predicted octanol–water partition coefficient (Wildman–Crippen LogP) is 4.24. The lowest BCUT2D eigenvalue weighted by atomic mass is 9.89. The highest BCUT2D eigenvalue weighted by atomic mass is 32.2. The summed E-state index contributed by atoms with van der Waals surface area (Å²) in [7, 11) is 3.15. The van der Waals surface area contributed by atoms with Crippen molar-refractivity contribution >= 4 is 24.1 Å². The van der Waals surface area contributed by atoms with Crippen molar-refractivity contribution in [1.82, 2.24) is 14.9 Å². The molecule has 44 heavy (non-hydrogen) atoms. The average Bonchev–Trinajstić information content (AvgIpc) is 3.62. The zero-order chi connectivity index (χ0) is 31.5. The molecule has 4 rings (SSSR count). The highest BCUT2D eigenvalue weighted by molar-refractivity contribution is 7.97. The summed E-state index contributed by atoms with van der Waals surface area (Å²) in [5, 5.41) is 17.1. The van der Waals surface area contributed by atoms with Crippen LogP contribution in [0.3, 0.4) is 0 Å². The predicted molar refractivity (Wildman–Crippen MR) is 166 cm³/mol. The Bertz CT molecular complexity index is 1190. The minimum Gasteiger partial charge on any atom is -0.497 e. The minimum atomic E-state index is -0.936. The number of benzene rings is 2. The zero-order valence-corrected chi connectivity index (χ0v) is 26.7. The molecular weight excluding hydrogens is 586 g/mol. The van der Waals surface area contributed by atoms with Gasteiger partial charge in [-0.25, -0.2) is 13.9 Å². The number of carbonyl (C=O) groups excluding carboxylic acids is 2. The number of hydrogen-bond donors (Lipinski definition) is 3. The molecule has 12 heteroatoms. The zero-order valence-electron chi connectivity index (χ0n) is 25.9. The van der Waals surface area contributed by atoms with Crippen LogP contribution in [0.4, 0.5) is 9.59 Å². The molecule has 5 atom stereocenters. The first kappa shape index (κ1) is 33.9. The maximum absolute atomic E-state index is 13.1. The second-order valence-electron chi connectivity index (χ2n) is 11.9. The fourth-order valence-electron chi connectivity index (χ4n) is 5.33. The molecule has 2 aromatic rings. The number of methoxy groups -OCH3 is 1. The van der Waals surface area contributed by atoms with Crippen molar-refractivity contribution in [2.75, 3.05) is 47.1 Å². The van der Waals surface area contributed by atoms with Crippen molar-refractivity contribution in [2.45, 2.75) is 62.5 Å². The van der Waals surface area contributed by atoms with E-state index in [1.807, 2.05) is 54.6 Å². The number of nitrogens with one attached hydrogen (secondary N) is 2. The Kier molecular flexibility index (Phi) is 12.6. The first-order valence-corrected chi connectivity index (χ1v) is 15.8. The number of ether oxygens (including phenoxy) is 5. The largest absolute Gasteiger partial charge is 0.497 e. The molecule has 2 saturated heterocycles. The van der Waals surface area contributed by atoms with Crippen molar-refractivity contribution in [1.29, 1.82) is 0 Å². The number of fused-ring (bicyclic) bond motifs is 1. The maximum atomic E-state index is 13.1. The highest BCUT2D eigenvalue weighted by Gasteiger charge is 2.44. The van der Waals surface area contributed by atoms with Gasteiger partial charge in [0.2, 0.25) is 0 Å². The Hall–Kier alpha value is -3.03. The van der Waals surface area contributed by atoms with Crippen LogP contribution in [-0.2, 0) is 25.4 Å². The van der Waals surface area contributed by atoms with E-state index in [9.17, 15) is 14.7 Å². The quantitative estimate of drug-likeness (QED) is 0.246. The molecule has 0 aliphatic carbocycles. The number of rotatable bonds is 15. The van der Waals surface area contributed by atoms with E-state index in [0.29, 0.717) is 32.6 Å². The number of hydrogen-bond acceptors (Lipinski definition) is 10. The third-order valence-electron chi connectivity index (χ3n) is 7.81. The molecule has 2 fully saturated rings. The van der Waals surface area contributed by atoms with Crippen molar-refractivity contribution < 1.29 is 38.4 Å². The minimum absolute atomic E-state index is 0.0178. The van der Waals surface area contributed by atoms with Crippen LogP contribution >= 0.6 is 11.9 Å². The molecule has 3 N–H and O–H groups in total. The van der Waals surface area contributed by atoms with Gasteiger partial charge in [0.05, 0.1) is 45.0 Å². The normalized spacial score (nSPS) is 20.9. The Labute approximate surface area is 264 Å². The summed E-state index contributed by atoms with van der Waals surface area (Å²) >= 11 is 1.51. The van der Waals surface area contributed by atoms with Gasteiger partial charge in [0.25, 0.3) is 0 Å². The molecule has 11 nitrogen and oxygen atoms in total. The lowest BCUT2D eigenvalue weighted by molar-refractivity contribution is -0.0907. The molecule has 2 amide bonds. The van der Waals surface area contributed by atoms with Gasteiger partial charge in [-0.15, -0.1) is 0 Å². The first-order chi connectivity index (χ1) is 21.2. The van der Waals surface area contributed by atoms with Gasteiger partial charge in [-0.3, -0.25) is 0 Å². The molecule has 2 aliphatic rings. The van der Waals surface area contributed by atoms with Gasteiger partial charge in [0, 0.05) is 25.0 Å². The number of amides is 2. The molecule has 0 aromatic heterocycles. The van der Waals surface area contributed by atoms with E-state index >= 15 is 0 Å². The molecule has 242 valence electrons. The van der Waals surface area contributed by atoms with Crippen LogP contribution in [-0.4, -0.2) is 93.2 Å². The van der Waals surface area contributed by atoms with E-state index in [1.54, 1.807) is 7.11 Å². The maximum Gasteiger partial charge on any atom is 0.407 e. The third kappa shape index (κ3) is 10.3. The van der Waals surface area contributed by atoms with Crippen LogP contribution in [0.15, 0.2) is 59.5 Å². The molecular formula is C32H45N3O8S. The summed E-state index contributed by atoms with van der Waals surface area (Å²) in [5.41, 5.74) is 0.711. The van der Waals surface area contributed by atoms with E-state index in [-0.39, 0.29) is 30.8 Å². The van der Waals surface area contributed by atoms with E-state index in [1.165, 1.54) is 19.0 Å². The van der Waals surface area contributed by atoms with Gasteiger partial charge >= 0.3 is 12.2 Å². The number of aliphatic hydroxyl groups is 1. The summed E-state index contributed by atoms with van der Waals surface area (Å²) in [4.78, 5) is 25.7. The smallest absolute Gasteiger partial charge is 0.407 e. The highest BCUT2D eigenvalue weighted by Crippen LogP contribution is 2.33. The summed E-state index contributed by atoms with van der Waals surface area (Å²) in [6.07, 6.45) is -0.908. The summed E-state index contributed by atoms with van der Waals surface area (Å²) < 4.78 is 29.6. The molecule has 0 radical (unpaired) electrons. The summed E-state index contributed by atoms with van der Waals surface area (Å²) in [6, 6.07) is 16.8. The SMILES string of the molecule is CNC(=O)OCCC(C)(C)CN(CC(O)C(Cc1ccccc1)NC(=O)OC1CO[C@H]2OCC[C@@H]12)Sc1ccc(OC)cc1. The number of aliphatic hydroxyl groups excluding tert-OH is 1. The first-order valence-electron chi connectivity index (χ1n) is 15.0. The molecule has 0 saturated carbocycles. The average molecular weight is 632 g/mol. The molecule has 2 heterocycles. The Morgan fingerprint density at radius 1 is 1.11 bits per heavy atom. The Morgan fingerprint density at radius 2 is 1.86 bits per heavy atom. The van der Waals surface area contributed by atoms with Crippen LogP contribution < -0.4 is 15.4 Å². The molecule has 2 aliphatic heterocycles. The van der Waals surface area contributed by atoms with Crippen LogP contribution in [0, 0.1) is 11.3 Å². The number of nitrogens with zero attached hydrogens (tertiary/aromatic N) is 1. The van der Waals surface area contributed by atoms with Crippen LogP contribution in [0.25, 0.3) is 0 Å². The van der Waals surface area contributed by atoms with E-state index in [0.717, 1.165) is 22.6 Å². The summed E-state index contributed by atoms with van der Waals surface area (Å²) in [6.45, 7) is 6.14. The molecule has 0 spiro atoms. The van der Waals surface area contributed by atoms with Gasteiger partial charge < -0.3 is 39.4 Å². The van der Waals surface area contributed by atoms with Crippen molar-refractivity contribution in [3.05, 3.63) is 60.2 Å². The van der Waals surface area contributed by atoms with E-state index < -0.39 is 30.4 Å². The topological polar surface area (TPSA) is 128 Å². The Morgan fingerprint density at radius 3 is 2.57 bits per heavy atom. The van der Waals surface area contributed by atoms with Gasteiger partial charge in [-0.05, 0) is 66.5 Å². The van der Waals surface area contributed by atoms with Gasteiger partial charge in [0.15, 0.2) is 6.29 Å². The lowest BCUT2D eigenvalue weighted by Gasteiger charge is -2.35. The Balaban J connectivity index is 1.47. The van der Waals surface area contributed by atoms with E-state index in [4.69, 9.17) is 23.7 Å². The lowest BCUT2D eigenvalue weighted by Crippen LogP contribution is -2.50. The van der Waals surface area contributed by atoms with Gasteiger partial charge in [0.1, 0.15) is 11.9 Å². The fourth-order valence-corrected chi connectivity index (χ4v) is 6.52. The standard InChI is InChI=1S/C32H45N3O8S/c1-32(2,15-17-41-30(37)33-3)21-35(44-24-12-10-23(39-4)11-13-24)19-27(36)26(18-22-8-6-5-7-9-22)34-31(38)43-28-20-42-29-25(28)14-16-40-29/h5-13,25-29,36H,14-21H2,1-4H3,(H,33,37)(H,34,38)/t25-,26?,27?,28?,29+/m0/s1. The van der Waals surface area contributed by atoms with Crippen LogP contribution in [0.5, 0.6) is 5.75 Å². The van der Waals surface area contributed by atoms with Crippen molar-refractivity contribution in [3.63, 3.8) is 0 Å². The summed E-state index contributed by atoms with van der Waals surface area (Å²) in [5.74, 6) is 0.769. The second kappa shape index (κ2) is 16.3. The molecule has 2 aromatic carbocycles. The molecule has 3 unspecified atom stereocenters. The number of alkyl carbamates (subject to hydrolysis) is 2. The van der Waals surface area contributed by atoms with Gasteiger partial charge in [-0.1, -0.05) is 44.2 Å². The van der Waals surface area contributed by atoms with Crippen molar-refractivity contribution in [3.8, 4) is 5.75 Å².